The number of nitrogens with two attached hydrogens (primary N) is 5. The Kier molecular flexibility index (Phi) is 9.97. The van der Waals surface area contributed by atoms with E-state index >= 15 is 0 Å². The molecule has 0 radical (unpaired) electrons. The van der Waals surface area contributed by atoms with Gasteiger partial charge in [-0.3, -0.25) is 4.21 Å². The topological polar surface area (TPSA) is 285 Å². The summed E-state index contributed by atoms with van der Waals surface area (Å²) in [6.07, 6.45) is -12.3. The van der Waals surface area contributed by atoms with Crippen LogP contribution in [0.4, 0.5) is 0 Å². The standard InChI is InChI=1S/C19H39N5O10S/c1-35(30)4-8-11(25)9(23)14(28)19(32-8)34-17-6(22)2-5(21)16(15(17)29)33-18-10(24)13(27)12(26)7(3-20)31-18/h5-19,25-29H,2-4,20-24H2,1H3/t5-,6+,7+,8+,9-,10+,11+,12+,13+,14+,15-,16+,17-,18+,19+,35?/m0/s1. The number of hydrogen-bond donors (Lipinski definition) is 10. The third-order valence-corrected chi connectivity index (χ3v) is 7.58. The Morgan fingerprint density at radius 3 is 1.86 bits per heavy atom. The lowest BCUT2D eigenvalue weighted by atomic mass is 9.84. The van der Waals surface area contributed by atoms with Gasteiger partial charge in [-0.05, 0) is 6.42 Å². The van der Waals surface area contributed by atoms with Crippen LogP contribution in [-0.4, -0.2) is 140 Å². The van der Waals surface area contributed by atoms with Gasteiger partial charge in [-0.25, -0.2) is 0 Å². The summed E-state index contributed by atoms with van der Waals surface area (Å²) in [6.45, 7) is -0.118. The van der Waals surface area contributed by atoms with Gasteiger partial charge in [0.15, 0.2) is 12.6 Å². The molecule has 1 aliphatic carbocycles. The van der Waals surface area contributed by atoms with Crippen molar-refractivity contribution >= 4 is 10.8 Å². The van der Waals surface area contributed by atoms with Crippen LogP contribution in [0, 0.1) is 0 Å². The summed E-state index contributed by atoms with van der Waals surface area (Å²) in [7, 11) is -1.33. The second kappa shape index (κ2) is 12.0. The van der Waals surface area contributed by atoms with Crippen molar-refractivity contribution in [3.63, 3.8) is 0 Å². The van der Waals surface area contributed by atoms with Crippen LogP contribution in [0.2, 0.25) is 0 Å². The molecule has 3 fully saturated rings. The van der Waals surface area contributed by atoms with E-state index in [2.05, 4.69) is 0 Å². The van der Waals surface area contributed by atoms with E-state index in [1.807, 2.05) is 0 Å². The third kappa shape index (κ3) is 6.19. The quantitative estimate of drug-likeness (QED) is 0.147. The minimum Gasteiger partial charge on any atom is -0.389 e. The highest BCUT2D eigenvalue weighted by Gasteiger charge is 2.51. The van der Waals surface area contributed by atoms with Gasteiger partial charge in [-0.15, -0.1) is 0 Å². The zero-order valence-electron chi connectivity index (χ0n) is 19.4. The molecule has 2 heterocycles. The smallest absolute Gasteiger partial charge is 0.186 e. The van der Waals surface area contributed by atoms with Gasteiger partial charge >= 0.3 is 0 Å². The van der Waals surface area contributed by atoms with Gasteiger partial charge in [0, 0.05) is 35.7 Å². The lowest BCUT2D eigenvalue weighted by Gasteiger charge is -2.48. The first-order valence-corrected chi connectivity index (χ1v) is 13.1. The molecule has 2 saturated heterocycles. The van der Waals surface area contributed by atoms with Crippen molar-refractivity contribution in [1.29, 1.82) is 0 Å². The number of hydrogen-bond acceptors (Lipinski definition) is 15. The van der Waals surface area contributed by atoms with Gasteiger partial charge in [0.1, 0.15) is 42.7 Å². The van der Waals surface area contributed by atoms with Crippen molar-refractivity contribution in [1.82, 2.24) is 0 Å². The molecular weight excluding hydrogens is 490 g/mol. The molecule has 16 heteroatoms. The van der Waals surface area contributed by atoms with Gasteiger partial charge in [0.2, 0.25) is 0 Å². The normalized spacial score (nSPS) is 52.3. The third-order valence-electron chi connectivity index (χ3n) is 6.78. The van der Waals surface area contributed by atoms with E-state index in [0.29, 0.717) is 0 Å². The van der Waals surface area contributed by atoms with Crippen molar-refractivity contribution < 1.29 is 48.7 Å². The molecular formula is C19H39N5O10S. The molecule has 16 atom stereocenters. The Morgan fingerprint density at radius 1 is 0.771 bits per heavy atom. The first kappa shape index (κ1) is 29.2. The summed E-state index contributed by atoms with van der Waals surface area (Å²) in [5, 5.41) is 52.1. The Bertz CT molecular complexity index is 728. The SMILES string of the molecule is CS(=O)C[C@H]1O[C@H](O[C@@H]2[C@@H](O)[C@H](O[C@H]3O[C@H](CN)[C@@H](O)[C@H](O)[C@H]3N)[C@@H](N)C[C@H]2N)[C@H](O)[C@@H](N)[C@@H]1O. The number of aliphatic hydroxyl groups excluding tert-OH is 5. The average molecular weight is 530 g/mol. The van der Waals surface area contributed by atoms with Crippen molar-refractivity contribution in [2.75, 3.05) is 18.6 Å². The van der Waals surface area contributed by atoms with Gasteiger partial charge in [0.05, 0.1) is 30.0 Å². The maximum atomic E-state index is 11.7. The summed E-state index contributed by atoms with van der Waals surface area (Å²) in [4.78, 5) is 0. The number of aliphatic hydroxyl groups is 5. The summed E-state index contributed by atoms with van der Waals surface area (Å²) in [6, 6.07) is -3.92. The molecule has 0 aromatic heterocycles. The molecule has 1 unspecified atom stereocenters. The second-order valence-corrected chi connectivity index (χ2v) is 10.9. The molecule has 0 amide bonds. The van der Waals surface area contributed by atoms with Gasteiger partial charge in [0.25, 0.3) is 0 Å². The van der Waals surface area contributed by atoms with Crippen molar-refractivity contribution in [3.05, 3.63) is 0 Å². The van der Waals surface area contributed by atoms with E-state index < -0.39 is 102 Å². The number of ether oxygens (including phenoxy) is 4. The molecule has 0 spiro atoms. The molecule has 1 saturated carbocycles. The highest BCUT2D eigenvalue weighted by atomic mass is 32.2. The second-order valence-electron chi connectivity index (χ2n) is 9.43. The van der Waals surface area contributed by atoms with Crippen molar-refractivity contribution in [2.24, 2.45) is 28.7 Å². The van der Waals surface area contributed by atoms with Crippen LogP contribution in [-0.2, 0) is 29.7 Å². The van der Waals surface area contributed by atoms with Crippen LogP contribution in [0.15, 0.2) is 0 Å². The van der Waals surface area contributed by atoms with E-state index in [1.54, 1.807) is 0 Å². The van der Waals surface area contributed by atoms with E-state index in [-0.39, 0.29) is 18.7 Å². The van der Waals surface area contributed by atoms with Gasteiger partial charge < -0.3 is 73.1 Å². The zero-order chi connectivity index (χ0) is 26.2. The lowest BCUT2D eigenvalue weighted by Crippen LogP contribution is -2.69. The van der Waals surface area contributed by atoms with Crippen LogP contribution in [0.25, 0.3) is 0 Å². The van der Waals surface area contributed by atoms with Gasteiger partial charge in [-0.1, -0.05) is 0 Å². The summed E-state index contributed by atoms with van der Waals surface area (Å²) in [5.74, 6) is -0.0509. The van der Waals surface area contributed by atoms with E-state index in [9.17, 15) is 29.7 Å². The molecule has 0 aromatic carbocycles. The summed E-state index contributed by atoms with van der Waals surface area (Å²) >= 11 is 0. The maximum Gasteiger partial charge on any atom is 0.186 e. The van der Waals surface area contributed by atoms with Crippen molar-refractivity contribution in [3.8, 4) is 0 Å². The van der Waals surface area contributed by atoms with Crippen LogP contribution in [0.1, 0.15) is 6.42 Å². The van der Waals surface area contributed by atoms with Crippen LogP contribution < -0.4 is 28.7 Å². The minimum atomic E-state index is -1.47. The average Bonchev–Trinajstić information content (AvgIpc) is 2.80. The summed E-state index contributed by atoms with van der Waals surface area (Å²) < 4.78 is 34.5. The Morgan fingerprint density at radius 2 is 1.31 bits per heavy atom. The highest BCUT2D eigenvalue weighted by Crippen LogP contribution is 2.31. The van der Waals surface area contributed by atoms with Crippen LogP contribution in [0.3, 0.4) is 0 Å². The molecule has 206 valence electrons. The Hall–Kier alpha value is -0.410. The maximum absolute atomic E-state index is 11.7. The molecule has 3 rings (SSSR count). The Labute approximate surface area is 205 Å². The van der Waals surface area contributed by atoms with E-state index in [1.165, 1.54) is 6.26 Å². The molecule has 2 aliphatic heterocycles. The largest absolute Gasteiger partial charge is 0.389 e. The monoisotopic (exact) mass is 529 g/mol. The predicted octanol–water partition coefficient (Wildman–Crippen LogP) is -6.94. The molecule has 0 aromatic rings. The van der Waals surface area contributed by atoms with Crippen LogP contribution in [0.5, 0.6) is 0 Å². The zero-order valence-corrected chi connectivity index (χ0v) is 20.2. The molecule has 15 nitrogen and oxygen atoms in total. The fraction of sp³-hybridized carbons (Fsp3) is 1.00. The predicted molar refractivity (Wildman–Crippen MR) is 122 cm³/mol. The molecule has 15 N–H and O–H groups in total. The minimum absolute atomic E-state index is 0.0509. The fourth-order valence-electron chi connectivity index (χ4n) is 4.66. The summed E-state index contributed by atoms with van der Waals surface area (Å²) in [5.41, 5.74) is 29.8. The first-order valence-electron chi connectivity index (χ1n) is 11.4. The van der Waals surface area contributed by atoms with Crippen molar-refractivity contribution in [2.45, 2.75) is 98.1 Å². The molecule has 3 aliphatic rings. The van der Waals surface area contributed by atoms with Gasteiger partial charge in [-0.2, -0.15) is 0 Å². The first-order chi connectivity index (χ1) is 16.4. The fourth-order valence-corrected chi connectivity index (χ4v) is 5.40. The molecule has 0 bridgehead atoms. The molecule has 35 heavy (non-hydrogen) atoms. The Balaban J connectivity index is 1.73. The van der Waals surface area contributed by atoms with Crippen LogP contribution >= 0.6 is 0 Å². The number of rotatable bonds is 7. The van der Waals surface area contributed by atoms with E-state index in [0.717, 1.165) is 0 Å². The van der Waals surface area contributed by atoms with E-state index in [4.69, 9.17) is 47.6 Å². The lowest BCUT2D eigenvalue weighted by molar-refractivity contribution is -0.314. The highest BCUT2D eigenvalue weighted by molar-refractivity contribution is 7.84.